The molecule has 0 amide bonds. The molecule has 2 saturated heterocycles. The van der Waals surface area contributed by atoms with E-state index in [9.17, 15) is 36.6 Å². The Balaban J connectivity index is 0.000000171. The van der Waals surface area contributed by atoms with E-state index in [-0.39, 0.29) is 59.6 Å². The third-order valence-electron chi connectivity index (χ3n) is 22.9. The van der Waals surface area contributed by atoms with Crippen molar-refractivity contribution in [2.45, 2.75) is 174 Å². The minimum Gasteiger partial charge on any atom is -0.490 e. The summed E-state index contributed by atoms with van der Waals surface area (Å²) in [5, 5.41) is 22.4. The van der Waals surface area contributed by atoms with E-state index in [1.54, 1.807) is 12.1 Å². The number of ketones is 2. The van der Waals surface area contributed by atoms with E-state index in [1.165, 1.54) is 36.5 Å². The van der Waals surface area contributed by atoms with Gasteiger partial charge in [-0.3, -0.25) is 9.59 Å². The van der Waals surface area contributed by atoms with Gasteiger partial charge in [-0.15, -0.1) is 0 Å². The summed E-state index contributed by atoms with van der Waals surface area (Å²) < 4.78 is 92.6. The lowest BCUT2D eigenvalue weighted by atomic mass is 9.68. The van der Waals surface area contributed by atoms with Crippen LogP contribution in [0.3, 0.4) is 0 Å². The summed E-state index contributed by atoms with van der Waals surface area (Å²) in [4.78, 5) is 32.4. The zero-order chi connectivity index (χ0) is 65.5. The summed E-state index contributed by atoms with van der Waals surface area (Å²) in [6, 6.07) is 23.1. The molecular formula is C74H92Cl2N2O14S2. The highest BCUT2D eigenvalue weighted by molar-refractivity contribution is 7.93. The zero-order valence-corrected chi connectivity index (χ0v) is 57.4. The second-order valence-electron chi connectivity index (χ2n) is 28.7. The molecule has 14 rings (SSSR count). The number of sulfone groups is 2. The number of nitrogens with zero attached hydrogens (tertiary/aromatic N) is 2. The molecule has 94 heavy (non-hydrogen) atoms. The first-order valence-electron chi connectivity index (χ1n) is 34.4. The zero-order valence-electron chi connectivity index (χ0n) is 54.2. The molecule has 0 unspecified atom stereocenters. The van der Waals surface area contributed by atoms with Crippen LogP contribution in [-0.2, 0) is 62.3 Å². The van der Waals surface area contributed by atoms with E-state index in [4.69, 9.17) is 51.6 Å². The van der Waals surface area contributed by atoms with Crippen molar-refractivity contribution in [3.8, 4) is 11.5 Å². The number of Topliss-reactive ketones (excluding diaryl/α,β-unsaturated/α-hetero) is 2. The number of aliphatic hydroxyl groups is 2. The Labute approximate surface area is 564 Å². The maximum absolute atomic E-state index is 14.0. The maximum Gasteiger partial charge on any atom is 0.177 e. The Morgan fingerprint density at radius 2 is 1.00 bits per heavy atom. The molecule has 4 bridgehead atoms. The Bertz CT molecular complexity index is 3480. The third kappa shape index (κ3) is 14.2. The summed E-state index contributed by atoms with van der Waals surface area (Å²) in [5.74, 6) is -0.0425. The molecule has 0 aromatic heterocycles. The van der Waals surface area contributed by atoms with Crippen LogP contribution in [0.1, 0.15) is 146 Å². The van der Waals surface area contributed by atoms with Gasteiger partial charge in [-0.05, 0) is 222 Å². The van der Waals surface area contributed by atoms with Crippen LogP contribution < -0.4 is 19.3 Å². The quantitative estimate of drug-likeness (QED) is 0.172. The van der Waals surface area contributed by atoms with Crippen molar-refractivity contribution in [1.82, 2.24) is 0 Å². The number of anilines is 2. The summed E-state index contributed by atoms with van der Waals surface area (Å²) in [6.07, 6.45) is 18.6. The van der Waals surface area contributed by atoms with E-state index < -0.39 is 77.7 Å². The molecule has 16 nitrogen and oxygen atoms in total. The number of hydrogen-bond acceptors (Lipinski definition) is 16. The number of halogens is 2. The van der Waals surface area contributed by atoms with Gasteiger partial charge in [0.1, 0.15) is 23.0 Å². The van der Waals surface area contributed by atoms with Crippen LogP contribution in [0.2, 0.25) is 10.0 Å². The molecule has 2 saturated carbocycles. The smallest absolute Gasteiger partial charge is 0.177 e. The van der Waals surface area contributed by atoms with Gasteiger partial charge in [-0.2, -0.15) is 0 Å². The number of aryl methyl sites for hydroxylation is 2. The topological polar surface area (TPSA) is 205 Å². The van der Waals surface area contributed by atoms with Crippen molar-refractivity contribution in [1.29, 1.82) is 0 Å². The molecule has 2 N–H and O–H groups in total. The second kappa shape index (κ2) is 28.5. The van der Waals surface area contributed by atoms with Crippen LogP contribution >= 0.6 is 23.2 Å². The van der Waals surface area contributed by atoms with Crippen molar-refractivity contribution in [3.63, 3.8) is 0 Å². The summed E-state index contributed by atoms with van der Waals surface area (Å²) in [7, 11) is -4.82. The number of ether oxygens (including phenoxy) is 6. The van der Waals surface area contributed by atoms with E-state index in [0.717, 1.165) is 111 Å². The number of carbonyl (C=O) groups is 2. The summed E-state index contributed by atoms with van der Waals surface area (Å²) in [5.41, 5.74) is 6.80. The third-order valence-corrected chi connectivity index (χ3v) is 27.6. The maximum atomic E-state index is 14.0. The highest BCUT2D eigenvalue weighted by atomic mass is 35.5. The number of rotatable bonds is 6. The second-order valence-corrected chi connectivity index (χ2v) is 34.0. The average molecular weight is 1370 g/mol. The van der Waals surface area contributed by atoms with Crippen LogP contribution in [0.4, 0.5) is 11.4 Å². The fourth-order valence-electron chi connectivity index (χ4n) is 17.5. The molecule has 10 aliphatic rings. The van der Waals surface area contributed by atoms with Gasteiger partial charge in [0, 0.05) is 85.6 Å². The van der Waals surface area contributed by atoms with Crippen molar-refractivity contribution < 1.29 is 65.1 Å². The Hall–Kier alpha value is -4.86. The number of hydrogen-bond donors (Lipinski definition) is 2. The molecule has 4 aromatic carbocycles. The Kier molecular flexibility index (Phi) is 20.6. The molecule has 14 atom stereocenters. The van der Waals surface area contributed by atoms with E-state index in [0.29, 0.717) is 88.1 Å². The van der Waals surface area contributed by atoms with E-state index in [1.807, 2.05) is 60.7 Å². The lowest BCUT2D eigenvalue weighted by Crippen LogP contribution is -2.49. The van der Waals surface area contributed by atoms with Gasteiger partial charge in [0.15, 0.2) is 31.2 Å². The molecule has 6 aliphatic heterocycles. The number of aliphatic hydroxyl groups excluding tert-OH is 2. The van der Waals surface area contributed by atoms with Gasteiger partial charge in [0.25, 0.3) is 0 Å². The molecule has 4 fully saturated rings. The minimum absolute atomic E-state index is 0.0809. The predicted molar refractivity (Wildman–Crippen MR) is 365 cm³/mol. The SMILES string of the molecule is CO[C@@H]1C/C=C/[C@H](O)[C@@H]2CC[C@H]2CN2C[C@@]3(CCCc4cc(Cl)ccc43)COc3ccc(cc32)C(=O)CS(=O)(=O)[C@@H]1C[C@H]1CCCO1.CO[C@H]1C/C=C/[C@H](O)[C@@H]2CC[C@H]2CN2C[C@@]3(CCCc4cc(Cl)ccc43)COc3ccc(cc32)C(=O)CS(=O)(=O)[C@H]1C[C@@H]1CCCO1. The van der Waals surface area contributed by atoms with E-state index in [2.05, 4.69) is 34.1 Å². The highest BCUT2D eigenvalue weighted by Crippen LogP contribution is 2.50. The van der Waals surface area contributed by atoms with Crippen LogP contribution in [0, 0.1) is 23.7 Å². The van der Waals surface area contributed by atoms with Gasteiger partial charge in [-0.25, -0.2) is 16.8 Å². The number of benzene rings is 4. The van der Waals surface area contributed by atoms with Crippen LogP contribution in [0.5, 0.6) is 11.5 Å². The highest BCUT2D eigenvalue weighted by Gasteiger charge is 2.48. The van der Waals surface area contributed by atoms with Crippen molar-refractivity contribution in [2.75, 3.05) is 88.1 Å². The lowest BCUT2D eigenvalue weighted by molar-refractivity contribution is 0.0445. The molecule has 4 aromatic rings. The largest absolute Gasteiger partial charge is 0.490 e. The van der Waals surface area contributed by atoms with Gasteiger partial charge in [0.05, 0.1) is 71.7 Å². The first kappa shape index (κ1) is 67.7. The van der Waals surface area contributed by atoms with Crippen molar-refractivity contribution in [3.05, 3.63) is 141 Å². The number of fused-ring (bicyclic) bond motifs is 8. The molecule has 20 heteroatoms. The fraction of sp³-hybridized carbons (Fsp3) is 0.595. The average Bonchev–Trinajstić information content (AvgIpc) is 1.55. The molecule has 0 radical (unpaired) electrons. The molecule has 508 valence electrons. The fourth-order valence-corrected chi connectivity index (χ4v) is 21.7. The summed E-state index contributed by atoms with van der Waals surface area (Å²) >= 11 is 12.8. The molecule has 2 spiro atoms. The van der Waals surface area contributed by atoms with Gasteiger partial charge in [-0.1, -0.05) is 59.6 Å². The van der Waals surface area contributed by atoms with E-state index >= 15 is 0 Å². The number of carbonyl (C=O) groups excluding carboxylic acids is 2. The Morgan fingerprint density at radius 1 is 0.564 bits per heavy atom. The minimum atomic E-state index is -3.93. The van der Waals surface area contributed by atoms with Crippen LogP contribution in [0.15, 0.2) is 97.1 Å². The number of methoxy groups -OCH3 is 2. The lowest BCUT2D eigenvalue weighted by Gasteiger charge is -2.45. The monoisotopic (exact) mass is 1370 g/mol. The van der Waals surface area contributed by atoms with Crippen molar-refractivity contribution in [2.24, 2.45) is 23.7 Å². The van der Waals surface area contributed by atoms with Crippen LogP contribution in [0.25, 0.3) is 0 Å². The predicted octanol–water partition coefficient (Wildman–Crippen LogP) is 11.4. The standard InChI is InChI=1S/2C37H46ClNO7S/c2*1-44-35-8-2-7-32(40)29-12-9-26(29)20-39-22-37(15-3-5-24-17-27(38)11-13-30(24)37)23-46-34-14-10-25(18-31(34)39)33(41)21-47(42,43)36(35)19-28-6-4-16-45-28/h2*2,7,10-11,13-14,17-18,26,28-29,32,35-36,40H,3-6,8-9,12,15-16,19-23H2,1H3/b2*7-2+/t26-,28+,29+,32-,35+,36+,37-;26-,28-,29+,32-,35-,36-,37-/m00/s1. The molecule has 4 aliphatic carbocycles. The normalized spacial score (nSPS) is 34.4. The summed E-state index contributed by atoms with van der Waals surface area (Å²) in [6.45, 7) is 5.00. The van der Waals surface area contributed by atoms with Gasteiger partial charge in [0.2, 0.25) is 0 Å². The van der Waals surface area contributed by atoms with Crippen molar-refractivity contribution >= 4 is 65.8 Å². The first-order chi connectivity index (χ1) is 45.3. The molecular weight excluding hydrogens is 1280 g/mol. The Morgan fingerprint density at radius 3 is 1.38 bits per heavy atom. The van der Waals surface area contributed by atoms with Gasteiger partial charge < -0.3 is 48.4 Å². The van der Waals surface area contributed by atoms with Gasteiger partial charge >= 0.3 is 0 Å². The first-order valence-corrected chi connectivity index (χ1v) is 38.6. The van der Waals surface area contributed by atoms with Crippen LogP contribution in [-0.4, -0.2) is 164 Å². The molecule has 6 heterocycles.